The highest BCUT2D eigenvalue weighted by Gasteiger charge is 2.24. The number of hydrogen-bond acceptors (Lipinski definition) is 4. The molecule has 82 valence electrons. The lowest BCUT2D eigenvalue weighted by Gasteiger charge is -2.29. The maximum absolute atomic E-state index is 11.2. The minimum Gasteiger partial charge on any atom is -0.469 e. The van der Waals surface area contributed by atoms with Crippen molar-refractivity contribution >= 4 is 5.97 Å². The van der Waals surface area contributed by atoms with Crippen molar-refractivity contribution in [3.8, 4) is 0 Å². The normalized spacial score (nSPS) is 29.6. The van der Waals surface area contributed by atoms with E-state index in [1.165, 1.54) is 7.11 Å². The smallest absolute Gasteiger partial charge is 0.307 e. The molecule has 0 radical (unpaired) electrons. The Labute approximate surface area is 85.6 Å². The summed E-state index contributed by atoms with van der Waals surface area (Å²) in [6, 6.07) is 0.791. The van der Waals surface area contributed by atoms with E-state index >= 15 is 0 Å². The molecule has 1 aliphatic heterocycles. The third-order valence-corrected chi connectivity index (χ3v) is 3.02. The summed E-state index contributed by atoms with van der Waals surface area (Å²) in [4.78, 5) is 13.4. The Morgan fingerprint density at radius 3 is 3.00 bits per heavy atom. The van der Waals surface area contributed by atoms with Crippen LogP contribution in [0.2, 0.25) is 0 Å². The molecular formula is C10H20N2O2. The van der Waals surface area contributed by atoms with Crippen LogP contribution in [-0.2, 0) is 9.53 Å². The van der Waals surface area contributed by atoms with Gasteiger partial charge in [-0.25, -0.2) is 0 Å². The van der Waals surface area contributed by atoms with Gasteiger partial charge in [0, 0.05) is 18.6 Å². The largest absolute Gasteiger partial charge is 0.469 e. The Bertz CT molecular complexity index is 197. The first-order chi connectivity index (χ1) is 6.65. The van der Waals surface area contributed by atoms with Gasteiger partial charge in [-0.3, -0.25) is 9.69 Å². The molecule has 1 N–H and O–H groups in total. The van der Waals surface area contributed by atoms with Crippen molar-refractivity contribution in [1.82, 2.24) is 10.2 Å². The molecule has 2 atom stereocenters. The van der Waals surface area contributed by atoms with Crippen LogP contribution >= 0.6 is 0 Å². The highest BCUT2D eigenvalue weighted by molar-refractivity contribution is 5.69. The average Bonchev–Trinajstić information content (AvgIpc) is 2.33. The standard InChI is InChI=1S/C10H20N2O2/c1-8-4-5-11-7-9(12(8)2)6-10(13)14-3/h8-9,11H,4-7H2,1-3H3. The monoisotopic (exact) mass is 200 g/mol. The molecule has 1 heterocycles. The number of rotatable bonds is 2. The molecule has 0 amide bonds. The number of hydrogen-bond donors (Lipinski definition) is 1. The van der Waals surface area contributed by atoms with Crippen LogP contribution in [0.15, 0.2) is 0 Å². The molecule has 1 fully saturated rings. The molecule has 4 heteroatoms. The molecule has 1 saturated heterocycles. The molecule has 0 bridgehead atoms. The zero-order valence-corrected chi connectivity index (χ0v) is 9.25. The van der Waals surface area contributed by atoms with Gasteiger partial charge in [0.15, 0.2) is 0 Å². The van der Waals surface area contributed by atoms with E-state index in [1.54, 1.807) is 0 Å². The Morgan fingerprint density at radius 1 is 1.64 bits per heavy atom. The number of likely N-dealkylation sites (N-methyl/N-ethyl adjacent to an activating group) is 1. The van der Waals surface area contributed by atoms with Crippen molar-refractivity contribution in [2.24, 2.45) is 0 Å². The Morgan fingerprint density at radius 2 is 2.36 bits per heavy atom. The van der Waals surface area contributed by atoms with E-state index < -0.39 is 0 Å². The lowest BCUT2D eigenvalue weighted by Crippen LogP contribution is -2.42. The van der Waals surface area contributed by atoms with Crippen LogP contribution in [0.5, 0.6) is 0 Å². The lowest BCUT2D eigenvalue weighted by molar-refractivity contribution is -0.142. The van der Waals surface area contributed by atoms with Gasteiger partial charge >= 0.3 is 5.97 Å². The van der Waals surface area contributed by atoms with Gasteiger partial charge in [0.1, 0.15) is 0 Å². The molecule has 2 unspecified atom stereocenters. The van der Waals surface area contributed by atoms with Gasteiger partial charge in [-0.05, 0) is 26.9 Å². The number of nitrogens with one attached hydrogen (secondary N) is 1. The third-order valence-electron chi connectivity index (χ3n) is 3.02. The van der Waals surface area contributed by atoms with E-state index in [0.29, 0.717) is 12.5 Å². The van der Waals surface area contributed by atoms with E-state index in [-0.39, 0.29) is 12.0 Å². The van der Waals surface area contributed by atoms with Crippen molar-refractivity contribution in [2.45, 2.75) is 31.8 Å². The van der Waals surface area contributed by atoms with Crippen LogP contribution in [0, 0.1) is 0 Å². The minimum atomic E-state index is -0.127. The van der Waals surface area contributed by atoms with E-state index in [1.807, 2.05) is 0 Å². The van der Waals surface area contributed by atoms with Crippen LogP contribution in [-0.4, -0.2) is 50.2 Å². The summed E-state index contributed by atoms with van der Waals surface area (Å²) in [5, 5.41) is 3.34. The number of carbonyl (C=O) groups excluding carboxylic acids is 1. The van der Waals surface area contributed by atoms with Gasteiger partial charge in [0.05, 0.1) is 13.5 Å². The Kier molecular flexibility index (Phi) is 4.35. The topological polar surface area (TPSA) is 41.6 Å². The first-order valence-electron chi connectivity index (χ1n) is 5.14. The molecule has 0 aliphatic carbocycles. The maximum Gasteiger partial charge on any atom is 0.307 e. The molecular weight excluding hydrogens is 180 g/mol. The number of nitrogens with zero attached hydrogens (tertiary/aromatic N) is 1. The fraction of sp³-hybridized carbons (Fsp3) is 0.900. The number of esters is 1. The predicted molar refractivity (Wildman–Crippen MR) is 55.1 cm³/mol. The summed E-state index contributed by atoms with van der Waals surface area (Å²) >= 11 is 0. The van der Waals surface area contributed by atoms with E-state index in [0.717, 1.165) is 19.5 Å². The zero-order valence-electron chi connectivity index (χ0n) is 9.25. The summed E-state index contributed by atoms with van der Waals surface area (Å²) in [6.45, 7) is 4.09. The van der Waals surface area contributed by atoms with Gasteiger partial charge in [-0.1, -0.05) is 0 Å². The molecule has 1 rings (SSSR count). The van der Waals surface area contributed by atoms with Crippen LogP contribution in [0.3, 0.4) is 0 Å². The molecule has 0 aromatic carbocycles. The number of ether oxygens (including phenoxy) is 1. The Balaban J connectivity index is 2.51. The van der Waals surface area contributed by atoms with Gasteiger partial charge in [0.2, 0.25) is 0 Å². The highest BCUT2D eigenvalue weighted by Crippen LogP contribution is 2.12. The predicted octanol–water partition coefficient (Wildman–Crippen LogP) is 0.232. The molecule has 14 heavy (non-hydrogen) atoms. The van der Waals surface area contributed by atoms with Crippen LogP contribution in [0.1, 0.15) is 19.8 Å². The number of carbonyl (C=O) groups is 1. The molecule has 0 spiro atoms. The Hall–Kier alpha value is -0.610. The van der Waals surface area contributed by atoms with Crippen LogP contribution < -0.4 is 5.32 Å². The molecule has 0 aromatic heterocycles. The van der Waals surface area contributed by atoms with Gasteiger partial charge in [0.25, 0.3) is 0 Å². The summed E-state index contributed by atoms with van der Waals surface area (Å²) in [5.74, 6) is -0.127. The first-order valence-corrected chi connectivity index (χ1v) is 5.14. The summed E-state index contributed by atoms with van der Waals surface area (Å²) in [6.07, 6.45) is 1.61. The summed E-state index contributed by atoms with van der Waals surface area (Å²) in [7, 11) is 3.52. The third kappa shape index (κ3) is 2.96. The maximum atomic E-state index is 11.2. The van der Waals surface area contributed by atoms with Crippen molar-refractivity contribution in [1.29, 1.82) is 0 Å². The van der Waals surface area contributed by atoms with Crippen LogP contribution in [0.25, 0.3) is 0 Å². The SMILES string of the molecule is COC(=O)CC1CNCCC(C)N1C. The van der Waals surface area contributed by atoms with Crippen molar-refractivity contribution in [3.63, 3.8) is 0 Å². The van der Waals surface area contributed by atoms with E-state index in [9.17, 15) is 4.79 Å². The molecule has 4 nitrogen and oxygen atoms in total. The fourth-order valence-corrected chi connectivity index (χ4v) is 1.78. The second-order valence-corrected chi connectivity index (χ2v) is 3.94. The lowest BCUT2D eigenvalue weighted by atomic mass is 10.1. The molecule has 0 saturated carbocycles. The van der Waals surface area contributed by atoms with Crippen molar-refractivity contribution in [2.75, 3.05) is 27.2 Å². The summed E-state index contributed by atoms with van der Waals surface area (Å²) in [5.41, 5.74) is 0. The molecule has 1 aliphatic rings. The zero-order chi connectivity index (χ0) is 10.6. The minimum absolute atomic E-state index is 0.127. The van der Waals surface area contributed by atoms with Gasteiger partial charge in [-0.2, -0.15) is 0 Å². The highest BCUT2D eigenvalue weighted by atomic mass is 16.5. The van der Waals surface area contributed by atoms with Crippen molar-refractivity contribution in [3.05, 3.63) is 0 Å². The summed E-state index contributed by atoms with van der Waals surface area (Å²) < 4.78 is 4.68. The van der Waals surface area contributed by atoms with Crippen molar-refractivity contribution < 1.29 is 9.53 Å². The van der Waals surface area contributed by atoms with E-state index in [4.69, 9.17) is 0 Å². The number of methoxy groups -OCH3 is 1. The van der Waals surface area contributed by atoms with Crippen LogP contribution in [0.4, 0.5) is 0 Å². The second kappa shape index (κ2) is 5.32. The van der Waals surface area contributed by atoms with Gasteiger partial charge < -0.3 is 10.1 Å². The fourth-order valence-electron chi connectivity index (χ4n) is 1.78. The molecule has 0 aromatic rings. The quantitative estimate of drug-likeness (QED) is 0.648. The average molecular weight is 200 g/mol. The van der Waals surface area contributed by atoms with Gasteiger partial charge in [-0.15, -0.1) is 0 Å². The first kappa shape index (κ1) is 11.5. The van der Waals surface area contributed by atoms with E-state index in [2.05, 4.69) is 28.9 Å². The second-order valence-electron chi connectivity index (χ2n) is 3.94.